The molecule has 92 valence electrons. The van der Waals surface area contributed by atoms with Crippen LogP contribution in [0.4, 0.5) is 15.8 Å². The number of nitrogens with zero attached hydrogens (tertiary/aromatic N) is 2. The van der Waals surface area contributed by atoms with E-state index in [0.717, 1.165) is 18.2 Å². The number of rotatable bonds is 2. The molecule has 6 nitrogen and oxygen atoms in total. The molecule has 7 heteroatoms. The van der Waals surface area contributed by atoms with Crippen LogP contribution in [0, 0.1) is 15.9 Å². The summed E-state index contributed by atoms with van der Waals surface area (Å²) in [6.07, 6.45) is -1.95. The SMILES string of the molecule is O=[N+]([O-])c1ccc(F)cc1N1CC(O)C(O)C1. The van der Waals surface area contributed by atoms with E-state index >= 15 is 0 Å². The molecule has 0 bridgehead atoms. The van der Waals surface area contributed by atoms with Crippen molar-refractivity contribution < 1.29 is 19.5 Å². The molecule has 1 aliphatic rings. The van der Waals surface area contributed by atoms with E-state index in [1.54, 1.807) is 0 Å². The van der Waals surface area contributed by atoms with E-state index in [1.165, 1.54) is 4.90 Å². The van der Waals surface area contributed by atoms with Crippen LogP contribution in [-0.2, 0) is 0 Å². The average molecular weight is 242 g/mol. The molecule has 2 unspecified atom stereocenters. The third kappa shape index (κ3) is 2.20. The van der Waals surface area contributed by atoms with Gasteiger partial charge in [-0.2, -0.15) is 0 Å². The fourth-order valence-corrected chi connectivity index (χ4v) is 1.87. The zero-order chi connectivity index (χ0) is 12.6. The lowest BCUT2D eigenvalue weighted by molar-refractivity contribution is -0.384. The molecule has 2 atom stereocenters. The minimum Gasteiger partial charge on any atom is -0.389 e. The normalized spacial score (nSPS) is 24.1. The second-order valence-corrected chi connectivity index (χ2v) is 3.93. The van der Waals surface area contributed by atoms with Crippen molar-refractivity contribution in [2.75, 3.05) is 18.0 Å². The third-order valence-corrected chi connectivity index (χ3v) is 2.73. The maximum absolute atomic E-state index is 13.1. The van der Waals surface area contributed by atoms with Gasteiger partial charge in [-0.05, 0) is 6.07 Å². The number of anilines is 1. The summed E-state index contributed by atoms with van der Waals surface area (Å²) in [7, 11) is 0. The maximum Gasteiger partial charge on any atom is 0.292 e. The minimum absolute atomic E-state index is 0.0471. The Morgan fingerprint density at radius 3 is 2.47 bits per heavy atom. The number of hydrogen-bond acceptors (Lipinski definition) is 5. The van der Waals surface area contributed by atoms with Gasteiger partial charge >= 0.3 is 0 Å². The first-order valence-electron chi connectivity index (χ1n) is 5.04. The minimum atomic E-state index is -0.974. The lowest BCUT2D eigenvalue weighted by Crippen LogP contribution is -2.22. The van der Waals surface area contributed by atoms with E-state index in [2.05, 4.69) is 0 Å². The number of nitro benzene ring substituents is 1. The number of β-amino-alcohol motifs (C(OH)–C–C–N with tert-alkyl or cyclic N) is 2. The van der Waals surface area contributed by atoms with Gasteiger partial charge in [0, 0.05) is 25.2 Å². The topological polar surface area (TPSA) is 86.8 Å². The molecule has 0 saturated carbocycles. The second-order valence-electron chi connectivity index (χ2n) is 3.93. The summed E-state index contributed by atoms with van der Waals surface area (Å²) in [4.78, 5) is 11.6. The van der Waals surface area contributed by atoms with Gasteiger partial charge < -0.3 is 15.1 Å². The van der Waals surface area contributed by atoms with Crippen molar-refractivity contribution in [2.45, 2.75) is 12.2 Å². The molecular formula is C10H11FN2O4. The molecule has 1 aliphatic heterocycles. The number of nitro groups is 1. The summed E-state index contributed by atoms with van der Waals surface area (Å²) in [5.74, 6) is -0.596. The van der Waals surface area contributed by atoms with Crippen LogP contribution in [0.1, 0.15) is 0 Å². The summed E-state index contributed by atoms with van der Waals surface area (Å²) in [5, 5.41) is 29.5. The number of halogens is 1. The van der Waals surface area contributed by atoms with E-state index in [9.17, 15) is 24.7 Å². The Balaban J connectivity index is 2.37. The van der Waals surface area contributed by atoms with Crippen LogP contribution in [-0.4, -0.2) is 40.4 Å². The molecule has 1 fully saturated rings. The van der Waals surface area contributed by atoms with Crippen molar-refractivity contribution in [2.24, 2.45) is 0 Å². The highest BCUT2D eigenvalue weighted by molar-refractivity contribution is 5.64. The Hall–Kier alpha value is -1.73. The van der Waals surface area contributed by atoms with E-state index in [1.807, 2.05) is 0 Å². The Kier molecular flexibility index (Phi) is 2.95. The molecule has 0 spiro atoms. The van der Waals surface area contributed by atoms with Gasteiger partial charge in [-0.25, -0.2) is 4.39 Å². The van der Waals surface area contributed by atoms with Gasteiger partial charge in [0.1, 0.15) is 11.5 Å². The summed E-state index contributed by atoms with van der Waals surface area (Å²) < 4.78 is 13.1. The van der Waals surface area contributed by atoms with Gasteiger partial charge in [0.2, 0.25) is 0 Å². The van der Waals surface area contributed by atoms with Crippen LogP contribution in [0.25, 0.3) is 0 Å². The third-order valence-electron chi connectivity index (χ3n) is 2.73. The molecular weight excluding hydrogens is 231 g/mol. The highest BCUT2D eigenvalue weighted by atomic mass is 19.1. The van der Waals surface area contributed by atoms with Crippen molar-refractivity contribution in [1.29, 1.82) is 0 Å². The highest BCUT2D eigenvalue weighted by Gasteiger charge is 2.33. The molecule has 0 radical (unpaired) electrons. The predicted octanol–water partition coefficient (Wildman–Crippen LogP) is 0.276. The van der Waals surface area contributed by atoms with Gasteiger partial charge in [0.15, 0.2) is 0 Å². The van der Waals surface area contributed by atoms with Crippen LogP contribution >= 0.6 is 0 Å². The van der Waals surface area contributed by atoms with Gasteiger partial charge in [-0.1, -0.05) is 0 Å². The summed E-state index contributed by atoms with van der Waals surface area (Å²) in [6, 6.07) is 3.11. The molecule has 1 aromatic carbocycles. The summed E-state index contributed by atoms with van der Waals surface area (Å²) in [5.41, 5.74) is -0.168. The van der Waals surface area contributed by atoms with Gasteiger partial charge in [0.25, 0.3) is 5.69 Å². The van der Waals surface area contributed by atoms with Crippen molar-refractivity contribution in [3.63, 3.8) is 0 Å². The first-order valence-corrected chi connectivity index (χ1v) is 5.04. The lowest BCUT2D eigenvalue weighted by Gasteiger charge is -2.17. The van der Waals surface area contributed by atoms with Crippen molar-refractivity contribution in [3.05, 3.63) is 34.1 Å². The first-order chi connectivity index (χ1) is 7.99. The molecule has 0 aliphatic carbocycles. The Morgan fingerprint density at radius 2 is 1.94 bits per heavy atom. The molecule has 17 heavy (non-hydrogen) atoms. The predicted molar refractivity (Wildman–Crippen MR) is 57.3 cm³/mol. The fraction of sp³-hybridized carbons (Fsp3) is 0.400. The largest absolute Gasteiger partial charge is 0.389 e. The van der Waals surface area contributed by atoms with Crippen LogP contribution < -0.4 is 4.90 Å². The Labute approximate surface area is 96.1 Å². The molecule has 1 aromatic rings. The summed E-state index contributed by atoms with van der Waals surface area (Å²) >= 11 is 0. The fourth-order valence-electron chi connectivity index (χ4n) is 1.87. The molecule has 1 heterocycles. The molecule has 0 amide bonds. The maximum atomic E-state index is 13.1. The van der Waals surface area contributed by atoms with E-state index in [0.29, 0.717) is 0 Å². The monoisotopic (exact) mass is 242 g/mol. The second kappa shape index (κ2) is 4.27. The lowest BCUT2D eigenvalue weighted by atomic mass is 10.2. The Morgan fingerprint density at radius 1 is 1.35 bits per heavy atom. The zero-order valence-electron chi connectivity index (χ0n) is 8.78. The van der Waals surface area contributed by atoms with Crippen LogP contribution in [0.5, 0.6) is 0 Å². The number of aliphatic hydroxyl groups is 2. The zero-order valence-corrected chi connectivity index (χ0v) is 8.78. The highest BCUT2D eigenvalue weighted by Crippen LogP contribution is 2.31. The molecule has 1 saturated heterocycles. The van der Waals surface area contributed by atoms with E-state index in [-0.39, 0.29) is 24.5 Å². The Bertz CT molecular complexity index is 444. The number of benzene rings is 1. The average Bonchev–Trinajstić information content (AvgIpc) is 2.58. The first kappa shape index (κ1) is 11.7. The smallest absolute Gasteiger partial charge is 0.292 e. The van der Waals surface area contributed by atoms with Crippen molar-refractivity contribution in [3.8, 4) is 0 Å². The molecule has 0 aromatic heterocycles. The van der Waals surface area contributed by atoms with E-state index < -0.39 is 22.9 Å². The van der Waals surface area contributed by atoms with Gasteiger partial charge in [-0.3, -0.25) is 10.1 Å². The number of hydrogen-bond donors (Lipinski definition) is 2. The van der Waals surface area contributed by atoms with Gasteiger partial charge in [0.05, 0.1) is 17.1 Å². The summed E-state index contributed by atoms with van der Waals surface area (Å²) in [6.45, 7) is 0.0942. The van der Waals surface area contributed by atoms with Crippen molar-refractivity contribution in [1.82, 2.24) is 0 Å². The van der Waals surface area contributed by atoms with Crippen LogP contribution in [0.2, 0.25) is 0 Å². The quantitative estimate of drug-likeness (QED) is 0.574. The van der Waals surface area contributed by atoms with E-state index in [4.69, 9.17) is 0 Å². The standard InChI is InChI=1S/C10H11FN2O4/c11-6-1-2-7(13(16)17)8(3-6)12-4-9(14)10(15)5-12/h1-3,9-10,14-15H,4-5H2. The molecule has 2 N–H and O–H groups in total. The molecule has 2 rings (SSSR count). The van der Waals surface area contributed by atoms with Crippen LogP contribution in [0.3, 0.4) is 0 Å². The van der Waals surface area contributed by atoms with Crippen molar-refractivity contribution >= 4 is 11.4 Å². The number of aliphatic hydroxyl groups excluding tert-OH is 2. The van der Waals surface area contributed by atoms with Gasteiger partial charge in [-0.15, -0.1) is 0 Å². The van der Waals surface area contributed by atoms with Crippen LogP contribution in [0.15, 0.2) is 18.2 Å².